The third-order valence-electron chi connectivity index (χ3n) is 6.32. The molecular weight excluding hydrogens is 370 g/mol. The summed E-state index contributed by atoms with van der Waals surface area (Å²) in [5.74, 6) is 0.0343. The number of piperidine rings is 1. The van der Waals surface area contributed by atoms with Gasteiger partial charge in [0.2, 0.25) is 0 Å². The van der Waals surface area contributed by atoms with Crippen molar-refractivity contribution in [2.45, 2.75) is 50.4 Å². The van der Waals surface area contributed by atoms with Gasteiger partial charge in [0, 0.05) is 47.0 Å². The molecule has 5 rings (SSSR count). The number of carbonyl (C=O) groups excluding carboxylic acids is 1. The first kappa shape index (κ1) is 17.8. The Morgan fingerprint density at radius 3 is 2.57 bits per heavy atom. The van der Waals surface area contributed by atoms with Gasteiger partial charge >= 0.3 is 0 Å². The van der Waals surface area contributed by atoms with Crippen LogP contribution < -0.4 is 5.32 Å². The smallest absolute Gasteiger partial charge is 0.251 e. The lowest BCUT2D eigenvalue weighted by molar-refractivity contribution is 0.0828. The lowest BCUT2D eigenvalue weighted by Gasteiger charge is -2.39. The zero-order valence-electron chi connectivity index (χ0n) is 15.7. The van der Waals surface area contributed by atoms with Crippen molar-refractivity contribution in [2.75, 3.05) is 0 Å². The van der Waals surface area contributed by atoms with Crippen LogP contribution in [0.15, 0.2) is 54.7 Å². The Labute approximate surface area is 169 Å². The fraction of sp³-hybridized carbons (Fsp3) is 0.348. The van der Waals surface area contributed by atoms with E-state index in [0.717, 1.165) is 40.9 Å². The number of amides is 1. The molecule has 1 aromatic heterocycles. The van der Waals surface area contributed by atoms with Gasteiger partial charge in [-0.05, 0) is 67.0 Å². The normalized spacial score (nSPS) is 24.5. The zero-order chi connectivity index (χ0) is 19.1. The highest BCUT2D eigenvalue weighted by molar-refractivity contribution is 6.30. The summed E-state index contributed by atoms with van der Waals surface area (Å²) >= 11 is 6.01. The van der Waals surface area contributed by atoms with Crippen LogP contribution in [0.25, 0.3) is 10.9 Å². The van der Waals surface area contributed by atoms with Crippen LogP contribution in [0.3, 0.4) is 0 Å². The van der Waals surface area contributed by atoms with E-state index in [1.54, 1.807) is 0 Å². The standard InChI is InChI=1S/C23H24ClN3O/c24-18-5-1-15(2-6-18)14-27-20-7-8-21(27)13-19(12-20)26-23(28)17-4-3-16-9-10-25-22(16)11-17/h1-6,9-11,19-21,25H,7-8,12-14H2,(H,26,28)/t19?,20-,21+. The van der Waals surface area contributed by atoms with Crippen molar-refractivity contribution in [2.24, 2.45) is 0 Å². The van der Waals surface area contributed by atoms with E-state index in [2.05, 4.69) is 27.3 Å². The van der Waals surface area contributed by atoms with Crippen LogP contribution in [-0.2, 0) is 6.54 Å². The summed E-state index contributed by atoms with van der Waals surface area (Å²) in [5.41, 5.74) is 3.04. The molecule has 28 heavy (non-hydrogen) atoms. The Morgan fingerprint density at radius 2 is 1.82 bits per heavy atom. The van der Waals surface area contributed by atoms with E-state index in [1.807, 2.05) is 42.6 Å². The maximum Gasteiger partial charge on any atom is 0.251 e. The minimum atomic E-state index is 0.0343. The van der Waals surface area contributed by atoms with Crippen LogP contribution in [0.5, 0.6) is 0 Å². The Kier molecular flexibility index (Phi) is 4.61. The first-order chi connectivity index (χ1) is 13.7. The molecule has 5 heteroatoms. The number of benzene rings is 2. The zero-order valence-corrected chi connectivity index (χ0v) is 16.5. The number of aromatic amines is 1. The van der Waals surface area contributed by atoms with Gasteiger partial charge in [-0.15, -0.1) is 0 Å². The third-order valence-corrected chi connectivity index (χ3v) is 6.57. The van der Waals surface area contributed by atoms with Crippen molar-refractivity contribution in [3.05, 3.63) is 70.9 Å². The highest BCUT2D eigenvalue weighted by Gasteiger charge is 2.40. The van der Waals surface area contributed by atoms with Crippen molar-refractivity contribution < 1.29 is 4.79 Å². The molecule has 4 nitrogen and oxygen atoms in total. The van der Waals surface area contributed by atoms with Gasteiger partial charge in [-0.3, -0.25) is 9.69 Å². The first-order valence-electron chi connectivity index (χ1n) is 10.0. The van der Waals surface area contributed by atoms with Gasteiger partial charge in [-0.1, -0.05) is 29.8 Å². The van der Waals surface area contributed by atoms with Crippen LogP contribution in [0, 0.1) is 0 Å². The lowest BCUT2D eigenvalue weighted by atomic mass is 9.96. The van der Waals surface area contributed by atoms with Gasteiger partial charge in [0.1, 0.15) is 0 Å². The predicted octanol–water partition coefficient (Wildman–Crippen LogP) is 4.75. The number of hydrogen-bond donors (Lipinski definition) is 2. The van der Waals surface area contributed by atoms with E-state index in [4.69, 9.17) is 11.6 Å². The van der Waals surface area contributed by atoms with Crippen molar-refractivity contribution in [3.63, 3.8) is 0 Å². The molecule has 2 aromatic carbocycles. The van der Waals surface area contributed by atoms with E-state index in [-0.39, 0.29) is 11.9 Å². The van der Waals surface area contributed by atoms with E-state index in [9.17, 15) is 4.79 Å². The van der Waals surface area contributed by atoms with Gasteiger partial charge in [0.25, 0.3) is 5.91 Å². The molecule has 2 fully saturated rings. The molecular formula is C23H24ClN3O. The molecule has 2 N–H and O–H groups in total. The van der Waals surface area contributed by atoms with Crippen molar-refractivity contribution in [1.29, 1.82) is 0 Å². The van der Waals surface area contributed by atoms with E-state index >= 15 is 0 Å². The van der Waals surface area contributed by atoms with Crippen LogP contribution in [0.4, 0.5) is 0 Å². The summed E-state index contributed by atoms with van der Waals surface area (Å²) in [6.45, 7) is 0.969. The Bertz CT molecular complexity index is 983. The summed E-state index contributed by atoms with van der Waals surface area (Å²) < 4.78 is 0. The Hall–Kier alpha value is -2.30. The minimum Gasteiger partial charge on any atom is -0.361 e. The predicted molar refractivity (Wildman–Crippen MR) is 113 cm³/mol. The van der Waals surface area contributed by atoms with Crippen molar-refractivity contribution >= 4 is 28.4 Å². The molecule has 1 unspecified atom stereocenters. The molecule has 2 saturated heterocycles. The molecule has 0 spiro atoms. The van der Waals surface area contributed by atoms with Gasteiger partial charge in [0.15, 0.2) is 0 Å². The number of nitrogens with zero attached hydrogens (tertiary/aromatic N) is 1. The molecule has 0 aliphatic carbocycles. The highest BCUT2D eigenvalue weighted by atomic mass is 35.5. The number of rotatable bonds is 4. The van der Waals surface area contributed by atoms with Crippen LogP contribution in [-0.4, -0.2) is 33.9 Å². The van der Waals surface area contributed by atoms with Gasteiger partial charge in [-0.25, -0.2) is 0 Å². The lowest BCUT2D eigenvalue weighted by Crippen LogP contribution is -2.49. The summed E-state index contributed by atoms with van der Waals surface area (Å²) in [4.78, 5) is 18.6. The third kappa shape index (κ3) is 3.43. The molecule has 144 valence electrons. The van der Waals surface area contributed by atoms with E-state index < -0.39 is 0 Å². The fourth-order valence-corrected chi connectivity index (χ4v) is 5.03. The molecule has 2 bridgehead atoms. The number of H-pyrrole nitrogens is 1. The molecule has 3 heterocycles. The average molecular weight is 394 g/mol. The topological polar surface area (TPSA) is 48.1 Å². The maximum atomic E-state index is 12.8. The molecule has 0 radical (unpaired) electrons. The Balaban J connectivity index is 1.24. The van der Waals surface area contributed by atoms with Crippen LogP contribution in [0.2, 0.25) is 5.02 Å². The molecule has 1 amide bonds. The second kappa shape index (κ2) is 7.26. The number of hydrogen-bond acceptors (Lipinski definition) is 2. The molecule has 3 aromatic rings. The van der Waals surface area contributed by atoms with E-state index in [1.165, 1.54) is 18.4 Å². The summed E-state index contributed by atoms with van der Waals surface area (Å²) in [7, 11) is 0. The number of fused-ring (bicyclic) bond motifs is 3. The minimum absolute atomic E-state index is 0.0343. The number of carbonyl (C=O) groups is 1. The monoisotopic (exact) mass is 393 g/mol. The summed E-state index contributed by atoms with van der Waals surface area (Å²) in [5, 5.41) is 5.20. The van der Waals surface area contributed by atoms with Crippen LogP contribution >= 0.6 is 11.6 Å². The number of aromatic nitrogens is 1. The average Bonchev–Trinajstić information content (AvgIpc) is 3.25. The SMILES string of the molecule is O=C(NC1C[C@H]2CC[C@@H](C1)N2Cc1ccc(Cl)cc1)c1ccc2cc[nH]c2c1. The number of halogens is 1. The molecule has 2 aliphatic rings. The second-order valence-corrected chi connectivity index (χ2v) is 8.54. The largest absolute Gasteiger partial charge is 0.361 e. The first-order valence-corrected chi connectivity index (χ1v) is 10.4. The van der Waals surface area contributed by atoms with Crippen molar-refractivity contribution in [1.82, 2.24) is 15.2 Å². The quantitative estimate of drug-likeness (QED) is 0.672. The summed E-state index contributed by atoms with van der Waals surface area (Å²) in [6.07, 6.45) is 6.40. The Morgan fingerprint density at radius 1 is 1.07 bits per heavy atom. The fourth-order valence-electron chi connectivity index (χ4n) is 4.91. The van der Waals surface area contributed by atoms with E-state index in [0.29, 0.717) is 12.1 Å². The second-order valence-electron chi connectivity index (χ2n) is 8.11. The highest BCUT2D eigenvalue weighted by Crippen LogP contribution is 2.37. The molecule has 3 atom stereocenters. The van der Waals surface area contributed by atoms with Crippen molar-refractivity contribution in [3.8, 4) is 0 Å². The van der Waals surface area contributed by atoms with Crippen LogP contribution in [0.1, 0.15) is 41.6 Å². The molecule has 0 saturated carbocycles. The van der Waals surface area contributed by atoms with Gasteiger partial charge < -0.3 is 10.3 Å². The molecule has 2 aliphatic heterocycles. The number of nitrogens with one attached hydrogen (secondary N) is 2. The maximum absolute atomic E-state index is 12.8. The summed E-state index contributed by atoms with van der Waals surface area (Å²) in [6, 6.07) is 17.4. The van der Waals surface area contributed by atoms with Gasteiger partial charge in [-0.2, -0.15) is 0 Å². The van der Waals surface area contributed by atoms with Gasteiger partial charge in [0.05, 0.1) is 0 Å².